The van der Waals surface area contributed by atoms with Gasteiger partial charge in [0, 0.05) is 17.4 Å². The molecule has 6 nitrogen and oxygen atoms in total. The predicted molar refractivity (Wildman–Crippen MR) is 104 cm³/mol. The molecule has 0 aliphatic rings. The van der Waals surface area contributed by atoms with Crippen LogP contribution in [-0.2, 0) is 27.4 Å². The topological polar surface area (TPSA) is 89.3 Å². The van der Waals surface area contributed by atoms with Gasteiger partial charge < -0.3 is 5.11 Å². The number of nitrogens with zero attached hydrogens (tertiary/aromatic N) is 2. The summed E-state index contributed by atoms with van der Waals surface area (Å²) in [6, 6.07) is 11.5. The van der Waals surface area contributed by atoms with Gasteiger partial charge >= 0.3 is 12.1 Å². The Morgan fingerprint density at radius 2 is 1.57 bits per heavy atom. The summed E-state index contributed by atoms with van der Waals surface area (Å²) < 4.78 is 65.6. The molecule has 0 saturated heterocycles. The minimum atomic E-state index is -4.87. The maximum Gasteiger partial charge on any atom is 0.433 e. The lowest BCUT2D eigenvalue weighted by atomic mass is 9.98. The number of hydrogen-bond donors (Lipinski definition) is 1. The Hall–Kier alpha value is -3.14. The van der Waals surface area contributed by atoms with Crippen molar-refractivity contribution < 1.29 is 31.5 Å². The van der Waals surface area contributed by atoms with E-state index in [1.54, 1.807) is 19.1 Å². The minimum Gasteiger partial charge on any atom is -0.480 e. The van der Waals surface area contributed by atoms with Crippen LogP contribution in [0.4, 0.5) is 13.2 Å². The van der Waals surface area contributed by atoms with E-state index in [1.807, 2.05) is 0 Å². The highest BCUT2D eigenvalue weighted by Crippen LogP contribution is 2.42. The molecule has 0 atom stereocenters. The summed E-state index contributed by atoms with van der Waals surface area (Å²) in [5, 5.41) is 13.0. The van der Waals surface area contributed by atoms with Crippen LogP contribution in [0.1, 0.15) is 11.3 Å². The zero-order chi connectivity index (χ0) is 22.3. The Morgan fingerprint density at radius 1 is 1.03 bits per heavy atom. The van der Waals surface area contributed by atoms with Crippen LogP contribution in [0.3, 0.4) is 0 Å². The number of aliphatic carboxylic acids is 1. The zero-order valence-electron chi connectivity index (χ0n) is 15.9. The van der Waals surface area contributed by atoms with E-state index < -0.39 is 34.2 Å². The second-order valence-electron chi connectivity index (χ2n) is 6.78. The van der Waals surface area contributed by atoms with Gasteiger partial charge in [0.05, 0.1) is 4.90 Å². The van der Waals surface area contributed by atoms with Gasteiger partial charge in [0.25, 0.3) is 0 Å². The maximum absolute atomic E-state index is 13.9. The van der Waals surface area contributed by atoms with Gasteiger partial charge in [-0.1, -0.05) is 42.0 Å². The molecule has 2 aromatic carbocycles. The van der Waals surface area contributed by atoms with Gasteiger partial charge in [-0.15, -0.1) is 0 Å². The Bertz CT molecular complexity index is 1200. The van der Waals surface area contributed by atoms with Crippen molar-refractivity contribution in [3.63, 3.8) is 0 Å². The molecule has 0 aliphatic carbocycles. The van der Waals surface area contributed by atoms with Crippen LogP contribution >= 0.6 is 0 Å². The monoisotopic (exact) mass is 438 g/mol. The van der Waals surface area contributed by atoms with E-state index in [0.717, 1.165) is 11.8 Å². The van der Waals surface area contributed by atoms with E-state index in [1.165, 1.54) is 36.4 Å². The molecular formula is C20H17F3N2O4S. The fraction of sp³-hybridized carbons (Fsp3) is 0.200. The van der Waals surface area contributed by atoms with Crippen LogP contribution < -0.4 is 0 Å². The first-order chi connectivity index (χ1) is 13.9. The van der Waals surface area contributed by atoms with E-state index >= 15 is 0 Å². The number of aromatic nitrogens is 2. The number of rotatable bonds is 5. The molecule has 0 spiro atoms. The van der Waals surface area contributed by atoms with E-state index in [2.05, 4.69) is 5.10 Å². The molecule has 3 aromatic rings. The standard InChI is InChI=1S/C20H17F3N2O4S/c1-12-3-5-13(6-4-12)17-18(14-7-9-15(10-8-14)30(2,28)29)24-25(11-16(26)27)19(17)20(21,22)23/h3-10H,11H2,1-2H3,(H,26,27). The summed E-state index contributed by atoms with van der Waals surface area (Å²) >= 11 is 0. The molecule has 0 amide bonds. The van der Waals surface area contributed by atoms with Crippen molar-refractivity contribution >= 4 is 15.8 Å². The molecular weight excluding hydrogens is 421 g/mol. The maximum atomic E-state index is 13.9. The number of hydrogen-bond acceptors (Lipinski definition) is 4. The van der Waals surface area contributed by atoms with E-state index in [-0.39, 0.29) is 27.3 Å². The second-order valence-corrected chi connectivity index (χ2v) is 8.80. The smallest absolute Gasteiger partial charge is 0.433 e. The van der Waals surface area contributed by atoms with Crippen LogP contribution in [0.2, 0.25) is 0 Å². The summed E-state index contributed by atoms with van der Waals surface area (Å²) in [5.74, 6) is -1.47. The second kappa shape index (κ2) is 7.60. The number of carboxylic acids is 1. The fourth-order valence-corrected chi connectivity index (χ4v) is 3.68. The molecule has 0 saturated carbocycles. The van der Waals surface area contributed by atoms with Gasteiger partial charge in [-0.2, -0.15) is 18.3 Å². The zero-order valence-corrected chi connectivity index (χ0v) is 16.8. The number of sulfone groups is 1. The average Bonchev–Trinajstić information content (AvgIpc) is 3.00. The van der Waals surface area contributed by atoms with Crippen LogP contribution in [0.5, 0.6) is 0 Å². The Morgan fingerprint density at radius 3 is 2.03 bits per heavy atom. The normalized spacial score (nSPS) is 12.2. The van der Waals surface area contributed by atoms with Gasteiger partial charge in [0.2, 0.25) is 0 Å². The Balaban J connectivity index is 2.32. The lowest BCUT2D eigenvalue weighted by Crippen LogP contribution is -2.19. The molecule has 0 radical (unpaired) electrons. The van der Waals surface area contributed by atoms with E-state index in [9.17, 15) is 26.4 Å². The highest BCUT2D eigenvalue weighted by atomic mass is 32.2. The summed E-state index contributed by atoms with van der Waals surface area (Å²) in [4.78, 5) is 11.2. The first-order valence-corrected chi connectivity index (χ1v) is 10.5. The molecule has 3 rings (SSSR count). The highest BCUT2D eigenvalue weighted by Gasteiger charge is 2.41. The summed E-state index contributed by atoms with van der Waals surface area (Å²) in [7, 11) is -3.49. The van der Waals surface area contributed by atoms with Crippen molar-refractivity contribution in [1.29, 1.82) is 0 Å². The van der Waals surface area contributed by atoms with Crippen molar-refractivity contribution in [2.75, 3.05) is 6.26 Å². The first-order valence-electron chi connectivity index (χ1n) is 8.65. The molecule has 1 N–H and O–H groups in total. The van der Waals surface area contributed by atoms with Gasteiger partial charge in [-0.3, -0.25) is 4.79 Å². The van der Waals surface area contributed by atoms with Crippen molar-refractivity contribution in [3.8, 4) is 22.4 Å². The molecule has 0 aliphatic heterocycles. The van der Waals surface area contributed by atoms with Crippen molar-refractivity contribution in [2.24, 2.45) is 0 Å². The van der Waals surface area contributed by atoms with Gasteiger partial charge in [0.1, 0.15) is 12.2 Å². The lowest BCUT2D eigenvalue weighted by Gasteiger charge is -2.12. The third-order valence-electron chi connectivity index (χ3n) is 4.40. The Labute approximate surface area is 170 Å². The molecule has 0 fully saturated rings. The number of alkyl halides is 3. The minimum absolute atomic E-state index is 0.00384. The first kappa shape index (κ1) is 21.6. The van der Waals surface area contributed by atoms with Gasteiger partial charge in [-0.05, 0) is 24.6 Å². The predicted octanol–water partition coefficient (Wildman–Crippen LogP) is 4.03. The number of carbonyl (C=O) groups is 1. The van der Waals surface area contributed by atoms with Crippen LogP contribution in [0, 0.1) is 6.92 Å². The number of benzene rings is 2. The third-order valence-corrected chi connectivity index (χ3v) is 5.53. The fourth-order valence-electron chi connectivity index (χ4n) is 3.05. The summed E-state index contributed by atoms with van der Waals surface area (Å²) in [6.07, 6.45) is -3.85. The molecule has 158 valence electrons. The molecule has 0 bridgehead atoms. The summed E-state index contributed by atoms with van der Waals surface area (Å²) in [6.45, 7) is 0.808. The van der Waals surface area contributed by atoms with E-state index in [4.69, 9.17) is 5.11 Å². The van der Waals surface area contributed by atoms with Crippen molar-refractivity contribution in [1.82, 2.24) is 9.78 Å². The molecule has 1 aromatic heterocycles. The van der Waals surface area contributed by atoms with Gasteiger partial charge in [-0.25, -0.2) is 13.1 Å². The molecule has 10 heteroatoms. The van der Waals surface area contributed by atoms with Gasteiger partial charge in [0.15, 0.2) is 15.5 Å². The molecule has 0 unspecified atom stereocenters. The Kier molecular flexibility index (Phi) is 5.46. The largest absolute Gasteiger partial charge is 0.480 e. The van der Waals surface area contributed by atoms with Crippen LogP contribution in [0.25, 0.3) is 22.4 Å². The quantitative estimate of drug-likeness (QED) is 0.650. The number of carboxylic acid groups (broad SMARTS) is 1. The van der Waals surface area contributed by atoms with Crippen molar-refractivity contribution in [2.45, 2.75) is 24.5 Å². The molecule has 1 heterocycles. The lowest BCUT2D eigenvalue weighted by molar-refractivity contribution is -0.146. The van der Waals surface area contributed by atoms with Crippen LogP contribution in [-0.4, -0.2) is 35.5 Å². The van der Waals surface area contributed by atoms with E-state index in [0.29, 0.717) is 4.68 Å². The molecule has 30 heavy (non-hydrogen) atoms. The number of halogens is 3. The highest BCUT2D eigenvalue weighted by molar-refractivity contribution is 7.90. The van der Waals surface area contributed by atoms with Crippen LogP contribution in [0.15, 0.2) is 53.4 Å². The third kappa shape index (κ3) is 4.38. The van der Waals surface area contributed by atoms with Crippen molar-refractivity contribution in [3.05, 3.63) is 59.8 Å². The summed E-state index contributed by atoms with van der Waals surface area (Å²) in [5.41, 5.74) is -0.261. The average molecular weight is 438 g/mol. The number of aryl methyl sites for hydroxylation is 1. The SMILES string of the molecule is Cc1ccc(-c2c(-c3ccc(S(C)(=O)=O)cc3)nn(CC(=O)O)c2C(F)(F)F)cc1.